The van der Waals surface area contributed by atoms with Crippen molar-refractivity contribution in [2.75, 3.05) is 19.6 Å². The number of benzene rings is 1. The number of amides is 2. The number of likely N-dealkylation sites (tertiary alicyclic amines) is 1. The topological polar surface area (TPSA) is 60.2 Å². The number of nitrogens with one attached hydrogen (secondary N) is 3. The molecule has 130 valence electrons. The third kappa shape index (κ3) is 4.51. The fraction of sp³-hybridized carbons (Fsp3) is 0.526. The van der Waals surface area contributed by atoms with Crippen LogP contribution < -0.4 is 10.6 Å². The first kappa shape index (κ1) is 16.8. The minimum Gasteiger partial charge on any atom is -0.357 e. The predicted molar refractivity (Wildman–Crippen MR) is 98.0 cm³/mol. The van der Waals surface area contributed by atoms with Gasteiger partial charge in [-0.25, -0.2) is 4.79 Å². The molecule has 2 aromatic rings. The highest BCUT2D eigenvalue weighted by molar-refractivity contribution is 5.80. The van der Waals surface area contributed by atoms with Crippen LogP contribution in [0, 0.1) is 5.92 Å². The minimum atomic E-state index is -0.0576. The van der Waals surface area contributed by atoms with Crippen molar-refractivity contribution in [2.45, 2.75) is 39.3 Å². The molecule has 0 bridgehead atoms. The number of hydrogen-bond acceptors (Lipinski definition) is 2. The van der Waals surface area contributed by atoms with E-state index in [1.807, 2.05) is 13.8 Å². The minimum absolute atomic E-state index is 0.0576. The first-order valence-corrected chi connectivity index (χ1v) is 8.93. The maximum atomic E-state index is 11.7. The molecule has 2 amide bonds. The van der Waals surface area contributed by atoms with Crippen molar-refractivity contribution in [3.8, 4) is 0 Å². The largest absolute Gasteiger partial charge is 0.357 e. The van der Waals surface area contributed by atoms with E-state index in [1.54, 1.807) is 0 Å². The summed E-state index contributed by atoms with van der Waals surface area (Å²) in [7, 11) is 0. The van der Waals surface area contributed by atoms with Crippen molar-refractivity contribution in [3.63, 3.8) is 0 Å². The maximum absolute atomic E-state index is 11.7. The van der Waals surface area contributed by atoms with Crippen molar-refractivity contribution in [2.24, 2.45) is 5.92 Å². The Bertz CT molecular complexity index is 646. The van der Waals surface area contributed by atoms with Gasteiger partial charge in [0.1, 0.15) is 0 Å². The van der Waals surface area contributed by atoms with E-state index in [1.165, 1.54) is 29.4 Å². The molecule has 1 aromatic carbocycles. The lowest BCUT2D eigenvalue weighted by atomic mass is 9.98. The Balaban J connectivity index is 1.51. The molecule has 24 heavy (non-hydrogen) atoms. The van der Waals surface area contributed by atoms with Gasteiger partial charge >= 0.3 is 6.03 Å². The predicted octanol–water partition coefficient (Wildman–Crippen LogP) is 3.09. The smallest absolute Gasteiger partial charge is 0.314 e. The van der Waals surface area contributed by atoms with E-state index >= 15 is 0 Å². The van der Waals surface area contributed by atoms with E-state index in [4.69, 9.17) is 0 Å². The summed E-state index contributed by atoms with van der Waals surface area (Å²) < 4.78 is 0. The molecule has 1 atom stereocenters. The second kappa shape index (κ2) is 7.71. The lowest BCUT2D eigenvalue weighted by molar-refractivity contribution is 0.163. The number of rotatable bonds is 5. The fourth-order valence-electron chi connectivity index (χ4n) is 3.47. The first-order valence-electron chi connectivity index (χ1n) is 8.93. The van der Waals surface area contributed by atoms with Gasteiger partial charge in [0.25, 0.3) is 0 Å². The van der Waals surface area contributed by atoms with Gasteiger partial charge in [0.2, 0.25) is 0 Å². The normalized spacial score (nSPS) is 18.9. The number of nitrogens with zero attached hydrogens (tertiary/aromatic N) is 1. The van der Waals surface area contributed by atoms with Gasteiger partial charge in [-0.05, 0) is 56.7 Å². The van der Waals surface area contributed by atoms with Crippen LogP contribution in [0.2, 0.25) is 0 Å². The van der Waals surface area contributed by atoms with Crippen LogP contribution in [0.25, 0.3) is 10.9 Å². The van der Waals surface area contributed by atoms with Crippen molar-refractivity contribution in [1.29, 1.82) is 0 Å². The summed E-state index contributed by atoms with van der Waals surface area (Å²) in [4.78, 5) is 17.7. The SMILES string of the molecule is CC(C)NC(=O)NC[C@@H]1CCCN(Cc2cc3ccccc3[nH]2)C1. The van der Waals surface area contributed by atoms with E-state index in [0.717, 1.165) is 26.2 Å². The van der Waals surface area contributed by atoms with Gasteiger partial charge in [0, 0.05) is 36.9 Å². The molecule has 1 aliphatic heterocycles. The first-order chi connectivity index (χ1) is 11.6. The third-order valence-corrected chi connectivity index (χ3v) is 4.55. The number of fused-ring (bicyclic) bond motifs is 1. The lowest BCUT2D eigenvalue weighted by Gasteiger charge is -2.32. The summed E-state index contributed by atoms with van der Waals surface area (Å²) in [5.74, 6) is 0.529. The summed E-state index contributed by atoms with van der Waals surface area (Å²) >= 11 is 0. The van der Waals surface area contributed by atoms with Crippen molar-refractivity contribution in [3.05, 3.63) is 36.0 Å². The molecule has 0 spiro atoms. The van der Waals surface area contributed by atoms with Crippen LogP contribution in [-0.4, -0.2) is 41.6 Å². The van der Waals surface area contributed by atoms with Crippen LogP contribution >= 0.6 is 0 Å². The zero-order valence-corrected chi connectivity index (χ0v) is 14.6. The Morgan fingerprint density at radius 2 is 2.21 bits per heavy atom. The summed E-state index contributed by atoms with van der Waals surface area (Å²) in [6, 6.07) is 10.8. The zero-order valence-electron chi connectivity index (χ0n) is 14.6. The maximum Gasteiger partial charge on any atom is 0.314 e. The van der Waals surface area contributed by atoms with Gasteiger partial charge in [-0.2, -0.15) is 0 Å². The molecule has 0 radical (unpaired) electrons. The quantitative estimate of drug-likeness (QED) is 0.790. The molecule has 1 saturated heterocycles. The standard InChI is InChI=1S/C19H28N4O/c1-14(2)21-19(24)20-11-15-6-5-9-23(12-15)13-17-10-16-7-3-4-8-18(16)22-17/h3-4,7-8,10,14-15,22H,5-6,9,11-13H2,1-2H3,(H2,20,21,24)/t15-/m0/s1. The van der Waals surface area contributed by atoms with E-state index in [9.17, 15) is 4.79 Å². The summed E-state index contributed by atoms with van der Waals surface area (Å²) in [5.41, 5.74) is 2.47. The monoisotopic (exact) mass is 328 g/mol. The number of carbonyl (C=O) groups is 1. The second-order valence-corrected chi connectivity index (χ2v) is 7.13. The number of aromatic amines is 1. The third-order valence-electron chi connectivity index (χ3n) is 4.55. The molecule has 0 aliphatic carbocycles. The van der Waals surface area contributed by atoms with E-state index in [0.29, 0.717) is 5.92 Å². The fourth-order valence-corrected chi connectivity index (χ4v) is 3.47. The van der Waals surface area contributed by atoms with Crippen molar-refractivity contribution in [1.82, 2.24) is 20.5 Å². The Morgan fingerprint density at radius 1 is 1.38 bits per heavy atom. The highest BCUT2D eigenvalue weighted by atomic mass is 16.2. The number of piperidine rings is 1. The van der Waals surface area contributed by atoms with E-state index < -0.39 is 0 Å². The average Bonchev–Trinajstić information content (AvgIpc) is 2.95. The molecule has 1 fully saturated rings. The van der Waals surface area contributed by atoms with Crippen molar-refractivity contribution >= 4 is 16.9 Å². The Morgan fingerprint density at radius 3 is 3.00 bits per heavy atom. The molecular weight excluding hydrogens is 300 g/mol. The Labute approximate surface area is 143 Å². The number of H-pyrrole nitrogens is 1. The molecule has 2 heterocycles. The van der Waals surface area contributed by atoms with Crippen LogP contribution in [0.3, 0.4) is 0 Å². The molecule has 5 nitrogen and oxygen atoms in total. The van der Waals surface area contributed by atoms with Gasteiger partial charge in [0.15, 0.2) is 0 Å². The molecule has 1 aliphatic rings. The molecule has 0 unspecified atom stereocenters. The number of aromatic nitrogens is 1. The number of para-hydroxylation sites is 1. The highest BCUT2D eigenvalue weighted by Crippen LogP contribution is 2.20. The summed E-state index contributed by atoms with van der Waals surface area (Å²) in [6.07, 6.45) is 2.38. The number of urea groups is 1. The van der Waals surface area contributed by atoms with Crippen LogP contribution in [0.5, 0.6) is 0 Å². The van der Waals surface area contributed by atoms with E-state index in [2.05, 4.69) is 50.8 Å². The van der Waals surface area contributed by atoms with E-state index in [-0.39, 0.29) is 12.1 Å². The molecular formula is C19H28N4O. The van der Waals surface area contributed by atoms with Crippen molar-refractivity contribution < 1.29 is 4.79 Å². The van der Waals surface area contributed by atoms with Crippen LogP contribution in [0.15, 0.2) is 30.3 Å². The number of hydrogen-bond donors (Lipinski definition) is 3. The summed E-state index contributed by atoms with van der Waals surface area (Å²) in [6.45, 7) is 7.82. The van der Waals surface area contributed by atoms with Crippen LogP contribution in [0.1, 0.15) is 32.4 Å². The Kier molecular flexibility index (Phi) is 5.41. The van der Waals surface area contributed by atoms with Gasteiger partial charge < -0.3 is 15.6 Å². The van der Waals surface area contributed by atoms with Gasteiger partial charge in [-0.15, -0.1) is 0 Å². The molecule has 5 heteroatoms. The van der Waals surface area contributed by atoms with Gasteiger partial charge in [-0.1, -0.05) is 18.2 Å². The van der Waals surface area contributed by atoms with Crippen LogP contribution in [0.4, 0.5) is 4.79 Å². The number of carbonyl (C=O) groups excluding carboxylic acids is 1. The second-order valence-electron chi connectivity index (χ2n) is 7.13. The molecule has 3 rings (SSSR count). The van der Waals surface area contributed by atoms with Crippen LogP contribution in [-0.2, 0) is 6.54 Å². The van der Waals surface area contributed by atoms with Gasteiger partial charge in [-0.3, -0.25) is 4.90 Å². The average molecular weight is 328 g/mol. The molecule has 0 saturated carbocycles. The zero-order chi connectivity index (χ0) is 16.9. The highest BCUT2D eigenvalue weighted by Gasteiger charge is 2.21. The molecule has 1 aromatic heterocycles. The Hall–Kier alpha value is -2.01. The lowest BCUT2D eigenvalue weighted by Crippen LogP contribution is -2.45. The van der Waals surface area contributed by atoms with Gasteiger partial charge in [0.05, 0.1) is 0 Å². The summed E-state index contributed by atoms with van der Waals surface area (Å²) in [5, 5.41) is 7.16. The molecule has 3 N–H and O–H groups in total.